The maximum Gasteiger partial charge on any atom is 0.317 e. The number of benzene rings is 1. The van der Waals surface area contributed by atoms with Crippen LogP contribution in [0.5, 0.6) is 11.5 Å². The fourth-order valence-corrected chi connectivity index (χ4v) is 4.20. The van der Waals surface area contributed by atoms with Crippen LogP contribution in [-0.2, 0) is 6.54 Å². The van der Waals surface area contributed by atoms with E-state index in [2.05, 4.69) is 5.32 Å². The second kappa shape index (κ2) is 7.31. The van der Waals surface area contributed by atoms with Gasteiger partial charge in [0.1, 0.15) is 5.76 Å². The van der Waals surface area contributed by atoms with E-state index >= 15 is 0 Å². The molecule has 1 saturated heterocycles. The number of carbonyl (C=O) groups is 1. The van der Waals surface area contributed by atoms with Crippen molar-refractivity contribution in [3.8, 4) is 11.5 Å². The molecule has 1 aromatic carbocycles. The maximum atomic E-state index is 12.5. The van der Waals surface area contributed by atoms with Crippen molar-refractivity contribution in [3.05, 3.63) is 47.9 Å². The van der Waals surface area contributed by atoms with Gasteiger partial charge in [-0.2, -0.15) is 0 Å². The van der Waals surface area contributed by atoms with Gasteiger partial charge in [0.25, 0.3) is 0 Å². The first-order valence-corrected chi connectivity index (χ1v) is 9.41. The van der Waals surface area contributed by atoms with E-state index in [1.807, 2.05) is 47.0 Å². The molecule has 6 nitrogen and oxygen atoms in total. The molecule has 132 valence electrons. The summed E-state index contributed by atoms with van der Waals surface area (Å²) in [6, 6.07) is 9.62. The molecule has 3 heterocycles. The van der Waals surface area contributed by atoms with Crippen LogP contribution in [0.2, 0.25) is 0 Å². The Morgan fingerprint density at radius 1 is 1.24 bits per heavy atom. The summed E-state index contributed by atoms with van der Waals surface area (Å²) < 4.78 is 16.2. The molecular weight excluding hydrogens is 340 g/mol. The van der Waals surface area contributed by atoms with E-state index in [4.69, 9.17) is 13.9 Å². The molecule has 2 aliphatic rings. The number of rotatable bonds is 3. The Morgan fingerprint density at radius 3 is 3.04 bits per heavy atom. The predicted octanol–water partition coefficient (Wildman–Crippen LogP) is 3.40. The van der Waals surface area contributed by atoms with Gasteiger partial charge in [0.2, 0.25) is 6.79 Å². The highest BCUT2D eigenvalue weighted by Crippen LogP contribution is 2.34. The van der Waals surface area contributed by atoms with Crippen LogP contribution in [0.3, 0.4) is 0 Å². The predicted molar refractivity (Wildman–Crippen MR) is 94.9 cm³/mol. The summed E-state index contributed by atoms with van der Waals surface area (Å²) in [6.45, 7) is 2.20. The second-order valence-corrected chi connectivity index (χ2v) is 7.31. The van der Waals surface area contributed by atoms with Gasteiger partial charge < -0.3 is 24.1 Å². The molecule has 1 aromatic heterocycles. The number of thioether (sulfide) groups is 1. The topological polar surface area (TPSA) is 63.9 Å². The summed E-state index contributed by atoms with van der Waals surface area (Å²) in [6.07, 6.45) is 2.60. The zero-order chi connectivity index (χ0) is 17.1. The number of hydrogen-bond acceptors (Lipinski definition) is 5. The van der Waals surface area contributed by atoms with Crippen LogP contribution in [0.15, 0.2) is 41.0 Å². The summed E-state index contributed by atoms with van der Waals surface area (Å²) in [5.41, 5.74) is 0.996. The van der Waals surface area contributed by atoms with Crippen LogP contribution >= 0.6 is 11.8 Å². The summed E-state index contributed by atoms with van der Waals surface area (Å²) >= 11 is 1.85. The summed E-state index contributed by atoms with van der Waals surface area (Å²) in [5.74, 6) is 3.39. The van der Waals surface area contributed by atoms with Crippen molar-refractivity contribution in [1.29, 1.82) is 0 Å². The number of ether oxygens (including phenoxy) is 2. The van der Waals surface area contributed by atoms with Crippen molar-refractivity contribution in [2.45, 2.75) is 18.2 Å². The van der Waals surface area contributed by atoms with Crippen molar-refractivity contribution in [2.75, 3.05) is 25.6 Å². The molecule has 1 fully saturated rings. The third-order valence-electron chi connectivity index (χ3n) is 4.37. The molecule has 1 N–H and O–H groups in total. The van der Waals surface area contributed by atoms with E-state index in [0.717, 1.165) is 48.1 Å². The number of furan rings is 1. The molecule has 4 rings (SSSR count). The summed E-state index contributed by atoms with van der Waals surface area (Å²) in [7, 11) is 0. The van der Waals surface area contributed by atoms with Crippen LogP contribution in [0.25, 0.3) is 0 Å². The van der Waals surface area contributed by atoms with Gasteiger partial charge in [0, 0.05) is 25.4 Å². The van der Waals surface area contributed by atoms with E-state index in [9.17, 15) is 4.79 Å². The lowest BCUT2D eigenvalue weighted by atomic mass is 10.2. The molecule has 2 amide bonds. The highest BCUT2D eigenvalue weighted by atomic mass is 32.2. The first kappa shape index (κ1) is 16.2. The quantitative estimate of drug-likeness (QED) is 0.909. The number of hydrogen-bond donors (Lipinski definition) is 1. The summed E-state index contributed by atoms with van der Waals surface area (Å²) in [4.78, 5) is 14.4. The molecule has 7 heteroatoms. The maximum absolute atomic E-state index is 12.5. The fourth-order valence-electron chi connectivity index (χ4n) is 3.02. The zero-order valence-corrected chi connectivity index (χ0v) is 14.6. The van der Waals surface area contributed by atoms with Gasteiger partial charge >= 0.3 is 6.03 Å². The van der Waals surface area contributed by atoms with Crippen molar-refractivity contribution in [2.24, 2.45) is 0 Å². The van der Waals surface area contributed by atoms with Gasteiger partial charge in [-0.1, -0.05) is 6.07 Å². The Balaban J connectivity index is 1.30. The van der Waals surface area contributed by atoms with Crippen LogP contribution in [-0.4, -0.2) is 36.6 Å². The van der Waals surface area contributed by atoms with Crippen molar-refractivity contribution in [1.82, 2.24) is 10.2 Å². The molecule has 2 aromatic rings. The number of nitrogens with one attached hydrogen (secondary N) is 1. The normalized spacial score (nSPS) is 19.5. The third kappa shape index (κ3) is 3.71. The lowest BCUT2D eigenvalue weighted by molar-refractivity contribution is 0.174. The van der Waals surface area contributed by atoms with E-state index in [1.54, 1.807) is 6.26 Å². The van der Waals surface area contributed by atoms with E-state index in [-0.39, 0.29) is 12.8 Å². The molecule has 25 heavy (non-hydrogen) atoms. The van der Waals surface area contributed by atoms with Crippen LogP contribution in [0.4, 0.5) is 4.79 Å². The van der Waals surface area contributed by atoms with Gasteiger partial charge in [-0.05, 0) is 36.2 Å². The van der Waals surface area contributed by atoms with Gasteiger partial charge in [-0.3, -0.25) is 0 Å². The standard InChI is InChI=1S/C18H20N2O4S/c21-18(19-11-13-3-4-14-16(10-13)24-12-23-14)20-6-5-17(25-9-7-20)15-2-1-8-22-15/h1-4,8,10,17H,5-7,9,11-12H2,(H,19,21)/t17-/m0/s1. The Hall–Kier alpha value is -2.28. The molecule has 0 unspecified atom stereocenters. The average molecular weight is 360 g/mol. The highest BCUT2D eigenvalue weighted by molar-refractivity contribution is 7.99. The lowest BCUT2D eigenvalue weighted by Gasteiger charge is -2.20. The molecule has 2 aliphatic heterocycles. The van der Waals surface area contributed by atoms with Crippen LogP contribution in [0, 0.1) is 0 Å². The molecule has 0 bridgehead atoms. The molecule has 0 saturated carbocycles. The summed E-state index contributed by atoms with van der Waals surface area (Å²) in [5, 5.41) is 3.32. The van der Waals surface area contributed by atoms with Crippen molar-refractivity contribution >= 4 is 17.8 Å². The molecular formula is C18H20N2O4S. The first-order chi connectivity index (χ1) is 12.3. The zero-order valence-electron chi connectivity index (χ0n) is 13.8. The van der Waals surface area contributed by atoms with Gasteiger partial charge in [0.15, 0.2) is 11.5 Å². The number of nitrogens with zero attached hydrogens (tertiary/aromatic N) is 1. The van der Waals surface area contributed by atoms with Crippen LogP contribution < -0.4 is 14.8 Å². The second-order valence-electron chi connectivity index (χ2n) is 6.00. The molecule has 0 radical (unpaired) electrons. The minimum atomic E-state index is -0.0293. The first-order valence-electron chi connectivity index (χ1n) is 8.36. The SMILES string of the molecule is O=C(NCc1ccc2c(c1)OCO2)N1CCS[C@H](c2ccco2)CC1. The van der Waals surface area contributed by atoms with Crippen molar-refractivity contribution < 1.29 is 18.7 Å². The minimum absolute atomic E-state index is 0.0293. The number of carbonyl (C=O) groups excluding carboxylic acids is 1. The van der Waals surface area contributed by atoms with Gasteiger partial charge in [0.05, 0.1) is 11.5 Å². The molecule has 0 spiro atoms. The van der Waals surface area contributed by atoms with E-state index in [0.29, 0.717) is 11.8 Å². The van der Waals surface area contributed by atoms with E-state index < -0.39 is 0 Å². The molecule has 0 aliphatic carbocycles. The fraction of sp³-hybridized carbons (Fsp3) is 0.389. The van der Waals surface area contributed by atoms with Gasteiger partial charge in [-0.25, -0.2) is 4.79 Å². The number of urea groups is 1. The van der Waals surface area contributed by atoms with E-state index in [1.165, 1.54) is 0 Å². The monoisotopic (exact) mass is 360 g/mol. The smallest absolute Gasteiger partial charge is 0.317 e. The van der Waals surface area contributed by atoms with Gasteiger partial charge in [-0.15, -0.1) is 11.8 Å². The number of fused-ring (bicyclic) bond motifs is 1. The van der Waals surface area contributed by atoms with Crippen molar-refractivity contribution in [3.63, 3.8) is 0 Å². The Labute approximate surface area is 150 Å². The lowest BCUT2D eigenvalue weighted by Crippen LogP contribution is -2.40. The Bertz CT molecular complexity index is 735. The third-order valence-corrected chi connectivity index (χ3v) is 5.66. The Morgan fingerprint density at radius 2 is 2.16 bits per heavy atom. The minimum Gasteiger partial charge on any atom is -0.468 e. The largest absolute Gasteiger partial charge is 0.468 e. The van der Waals surface area contributed by atoms with Crippen LogP contribution in [0.1, 0.15) is 23.0 Å². The Kier molecular flexibility index (Phi) is 4.74. The molecule has 1 atom stereocenters. The average Bonchev–Trinajstić information content (AvgIpc) is 3.27. The number of amides is 2. The highest BCUT2D eigenvalue weighted by Gasteiger charge is 2.23.